The van der Waals surface area contributed by atoms with Gasteiger partial charge in [-0.2, -0.15) is 0 Å². The van der Waals surface area contributed by atoms with Gasteiger partial charge < -0.3 is 9.15 Å². The van der Waals surface area contributed by atoms with Gasteiger partial charge in [0.15, 0.2) is 5.78 Å². The number of Topliss-reactive ketones (excluding diaryl/α,β-unsaturated/α-hetero) is 1. The zero-order valence-corrected chi connectivity index (χ0v) is 7.78. The lowest BCUT2D eigenvalue weighted by Gasteiger charge is -2.02. The van der Waals surface area contributed by atoms with Crippen molar-refractivity contribution < 1.29 is 18.7 Å². The van der Waals surface area contributed by atoms with E-state index in [1.165, 1.54) is 13.2 Å². The highest BCUT2D eigenvalue weighted by atomic mass is 16.5. The number of esters is 1. The van der Waals surface area contributed by atoms with Gasteiger partial charge in [0, 0.05) is 0 Å². The summed E-state index contributed by atoms with van der Waals surface area (Å²) in [6.45, 7) is 4.57. The van der Waals surface area contributed by atoms with E-state index >= 15 is 0 Å². The Labute approximate surface area is 81.2 Å². The highest BCUT2D eigenvalue weighted by molar-refractivity contribution is 6.15. The topological polar surface area (TPSA) is 56.5 Å². The largest absolute Gasteiger partial charge is 0.466 e. The van der Waals surface area contributed by atoms with Crippen molar-refractivity contribution in [3.63, 3.8) is 0 Å². The minimum atomic E-state index is -0.714. The van der Waals surface area contributed by atoms with Crippen LogP contribution in [0.15, 0.2) is 35.0 Å². The first-order chi connectivity index (χ1) is 6.61. The molecule has 4 heteroatoms. The van der Waals surface area contributed by atoms with Crippen LogP contribution in [0.5, 0.6) is 0 Å². The molecule has 1 aromatic rings. The summed E-state index contributed by atoms with van der Waals surface area (Å²) in [7, 11) is 0. The van der Waals surface area contributed by atoms with Crippen LogP contribution in [-0.2, 0) is 20.9 Å². The monoisotopic (exact) mass is 194 g/mol. The summed E-state index contributed by atoms with van der Waals surface area (Å²) >= 11 is 0. The Balaban J connectivity index is 2.43. The van der Waals surface area contributed by atoms with E-state index in [-0.39, 0.29) is 12.2 Å². The Morgan fingerprint density at radius 3 is 2.79 bits per heavy atom. The summed E-state index contributed by atoms with van der Waals surface area (Å²) < 4.78 is 9.69. The second-order valence-electron chi connectivity index (χ2n) is 2.69. The van der Waals surface area contributed by atoms with Crippen molar-refractivity contribution >= 4 is 11.8 Å². The predicted molar refractivity (Wildman–Crippen MR) is 48.3 cm³/mol. The van der Waals surface area contributed by atoms with Crippen LogP contribution in [0, 0.1) is 0 Å². The van der Waals surface area contributed by atoms with Gasteiger partial charge in [-0.25, -0.2) is 4.79 Å². The molecule has 4 nitrogen and oxygen atoms in total. The van der Waals surface area contributed by atoms with E-state index < -0.39 is 11.8 Å². The quantitative estimate of drug-likeness (QED) is 0.315. The summed E-state index contributed by atoms with van der Waals surface area (Å²) in [6.07, 6.45) is 1.48. The number of hydrogen-bond donors (Lipinski definition) is 0. The number of hydrogen-bond acceptors (Lipinski definition) is 4. The maximum Gasteiger partial charge on any atom is 0.341 e. The third kappa shape index (κ3) is 2.58. The fraction of sp³-hybridized carbons (Fsp3) is 0.200. The summed E-state index contributed by atoms with van der Waals surface area (Å²) in [5.74, 6) is -0.585. The van der Waals surface area contributed by atoms with Crippen molar-refractivity contribution in [2.45, 2.75) is 13.5 Å². The van der Waals surface area contributed by atoms with Crippen LogP contribution in [0.2, 0.25) is 0 Å². The van der Waals surface area contributed by atoms with Gasteiger partial charge in [-0.15, -0.1) is 0 Å². The van der Waals surface area contributed by atoms with E-state index in [2.05, 4.69) is 6.58 Å². The summed E-state index contributed by atoms with van der Waals surface area (Å²) in [5, 5.41) is 0. The molecular formula is C10H10O4. The van der Waals surface area contributed by atoms with Crippen LogP contribution >= 0.6 is 0 Å². The smallest absolute Gasteiger partial charge is 0.341 e. The highest BCUT2D eigenvalue weighted by Crippen LogP contribution is 2.04. The second kappa shape index (κ2) is 4.41. The maximum absolute atomic E-state index is 11.1. The number of carbonyl (C=O) groups excluding carboxylic acids is 2. The molecule has 74 valence electrons. The van der Waals surface area contributed by atoms with E-state index in [4.69, 9.17) is 9.15 Å². The summed E-state index contributed by atoms with van der Waals surface area (Å²) in [6, 6.07) is 3.35. The third-order valence-electron chi connectivity index (χ3n) is 1.60. The minimum Gasteiger partial charge on any atom is -0.466 e. The molecule has 0 N–H and O–H groups in total. The number of ether oxygens (including phenoxy) is 1. The number of rotatable bonds is 4. The first-order valence-electron chi connectivity index (χ1n) is 4.00. The molecule has 1 heterocycles. The number of ketones is 1. The third-order valence-corrected chi connectivity index (χ3v) is 1.60. The van der Waals surface area contributed by atoms with Crippen molar-refractivity contribution in [3.05, 3.63) is 36.3 Å². The van der Waals surface area contributed by atoms with Crippen molar-refractivity contribution in [1.82, 2.24) is 0 Å². The van der Waals surface area contributed by atoms with Gasteiger partial charge in [-0.1, -0.05) is 6.58 Å². The first-order valence-corrected chi connectivity index (χ1v) is 4.00. The molecule has 0 amide bonds. The SMILES string of the molecule is C=C(C(C)=O)C(=O)OCc1ccco1. The van der Waals surface area contributed by atoms with E-state index in [1.807, 2.05) is 0 Å². The van der Waals surface area contributed by atoms with Gasteiger partial charge in [0.25, 0.3) is 0 Å². The van der Waals surface area contributed by atoms with Crippen molar-refractivity contribution in [3.8, 4) is 0 Å². The van der Waals surface area contributed by atoms with Gasteiger partial charge in [0.1, 0.15) is 12.4 Å². The molecule has 0 unspecified atom stereocenters. The van der Waals surface area contributed by atoms with E-state index in [1.54, 1.807) is 12.1 Å². The van der Waals surface area contributed by atoms with Crippen LogP contribution < -0.4 is 0 Å². The Hall–Kier alpha value is -1.84. The molecule has 0 aromatic carbocycles. The first kappa shape index (κ1) is 10.2. The van der Waals surface area contributed by atoms with Crippen LogP contribution in [0.4, 0.5) is 0 Å². The molecular weight excluding hydrogens is 184 g/mol. The molecule has 1 rings (SSSR count). The molecule has 0 saturated carbocycles. The van der Waals surface area contributed by atoms with Gasteiger partial charge >= 0.3 is 5.97 Å². The van der Waals surface area contributed by atoms with Crippen molar-refractivity contribution in [2.24, 2.45) is 0 Å². The zero-order valence-electron chi connectivity index (χ0n) is 7.78. The van der Waals surface area contributed by atoms with Crippen LogP contribution in [0.25, 0.3) is 0 Å². The summed E-state index contributed by atoms with van der Waals surface area (Å²) in [4.78, 5) is 21.8. The lowest BCUT2D eigenvalue weighted by molar-refractivity contribution is -0.142. The lowest BCUT2D eigenvalue weighted by atomic mass is 10.2. The van der Waals surface area contributed by atoms with E-state index in [9.17, 15) is 9.59 Å². The lowest BCUT2D eigenvalue weighted by Crippen LogP contribution is -2.12. The molecule has 14 heavy (non-hydrogen) atoms. The Morgan fingerprint density at radius 1 is 1.57 bits per heavy atom. The molecule has 1 aromatic heterocycles. The molecule has 0 aliphatic rings. The molecule has 0 aliphatic carbocycles. The maximum atomic E-state index is 11.1. The molecule has 0 spiro atoms. The van der Waals surface area contributed by atoms with Gasteiger partial charge in [0.05, 0.1) is 11.8 Å². The summed E-state index contributed by atoms with van der Waals surface area (Å²) in [5.41, 5.74) is -0.156. The molecule has 0 atom stereocenters. The highest BCUT2D eigenvalue weighted by Gasteiger charge is 2.13. The fourth-order valence-electron chi connectivity index (χ4n) is 0.762. The van der Waals surface area contributed by atoms with Gasteiger partial charge in [0.2, 0.25) is 0 Å². The molecule has 0 saturated heterocycles. The predicted octanol–water partition coefficient (Wildman–Crippen LogP) is 1.47. The van der Waals surface area contributed by atoms with Gasteiger partial charge in [-0.05, 0) is 19.1 Å². The Bertz CT molecular complexity index is 348. The Morgan fingerprint density at radius 2 is 2.29 bits per heavy atom. The van der Waals surface area contributed by atoms with Crippen molar-refractivity contribution in [1.29, 1.82) is 0 Å². The zero-order chi connectivity index (χ0) is 10.6. The standard InChI is InChI=1S/C10H10O4/c1-7(8(2)11)10(12)14-6-9-4-3-5-13-9/h3-5H,1,6H2,2H3. The van der Waals surface area contributed by atoms with Crippen LogP contribution in [0.3, 0.4) is 0 Å². The number of carbonyl (C=O) groups is 2. The number of furan rings is 1. The van der Waals surface area contributed by atoms with Gasteiger partial charge in [-0.3, -0.25) is 4.79 Å². The van der Waals surface area contributed by atoms with Crippen LogP contribution in [0.1, 0.15) is 12.7 Å². The minimum absolute atomic E-state index is 0.0120. The van der Waals surface area contributed by atoms with Crippen molar-refractivity contribution in [2.75, 3.05) is 0 Å². The average molecular weight is 194 g/mol. The second-order valence-corrected chi connectivity index (χ2v) is 2.69. The normalized spacial score (nSPS) is 9.50. The average Bonchev–Trinajstić information content (AvgIpc) is 2.65. The molecule has 0 fully saturated rings. The molecule has 0 aliphatic heterocycles. The van der Waals surface area contributed by atoms with E-state index in [0.717, 1.165) is 0 Å². The molecule has 0 bridgehead atoms. The van der Waals surface area contributed by atoms with E-state index in [0.29, 0.717) is 5.76 Å². The fourth-order valence-corrected chi connectivity index (χ4v) is 0.762. The van der Waals surface area contributed by atoms with Crippen LogP contribution in [-0.4, -0.2) is 11.8 Å². The Kier molecular flexibility index (Phi) is 3.23. The molecule has 0 radical (unpaired) electrons.